The summed E-state index contributed by atoms with van der Waals surface area (Å²) >= 11 is 0. The van der Waals surface area contributed by atoms with Crippen molar-refractivity contribution in [3.63, 3.8) is 0 Å². The van der Waals surface area contributed by atoms with Crippen molar-refractivity contribution in [1.29, 1.82) is 0 Å². The van der Waals surface area contributed by atoms with E-state index in [9.17, 15) is 0 Å². The number of rotatable bonds is 5. The van der Waals surface area contributed by atoms with Gasteiger partial charge in [-0.25, -0.2) is 0 Å². The van der Waals surface area contributed by atoms with Crippen LogP contribution in [0.3, 0.4) is 0 Å². The highest BCUT2D eigenvalue weighted by atomic mass is 16.5. The molecule has 4 nitrogen and oxygen atoms in total. The molecule has 1 atom stereocenters. The van der Waals surface area contributed by atoms with Crippen molar-refractivity contribution < 1.29 is 9.47 Å². The molecule has 4 rings (SSSR count). The van der Waals surface area contributed by atoms with Gasteiger partial charge >= 0.3 is 0 Å². The first-order valence-corrected chi connectivity index (χ1v) is 9.90. The molecular formula is C21H32N2O2. The largest absolute Gasteiger partial charge is 0.497 e. The Morgan fingerprint density at radius 3 is 2.68 bits per heavy atom. The summed E-state index contributed by atoms with van der Waals surface area (Å²) in [7, 11) is 1.74. The highest BCUT2D eigenvalue weighted by Crippen LogP contribution is 2.41. The fourth-order valence-electron chi connectivity index (χ4n) is 4.90. The van der Waals surface area contributed by atoms with Crippen LogP contribution in [0.1, 0.15) is 31.2 Å². The molecule has 0 aliphatic carbocycles. The van der Waals surface area contributed by atoms with Gasteiger partial charge < -0.3 is 14.4 Å². The van der Waals surface area contributed by atoms with Crippen LogP contribution >= 0.6 is 0 Å². The zero-order chi connectivity index (χ0) is 17.1. The number of hydrogen-bond acceptors (Lipinski definition) is 4. The molecule has 1 aromatic carbocycles. The van der Waals surface area contributed by atoms with E-state index < -0.39 is 0 Å². The second-order valence-corrected chi connectivity index (χ2v) is 8.34. The molecule has 0 aromatic heterocycles. The minimum absolute atomic E-state index is 0.588. The Labute approximate surface area is 152 Å². The standard InChI is InChI=1S/C21H32N2O2/c1-24-20-4-2-3-18(13-20)14-22-9-6-21(7-10-22)8-11-23(17-21)15-19-5-12-25-16-19/h2-4,13,19H,5-12,14-17H2,1H3/t19-/m1/s1. The van der Waals surface area contributed by atoms with Gasteiger partial charge in [-0.15, -0.1) is 0 Å². The second-order valence-electron chi connectivity index (χ2n) is 8.34. The third-order valence-corrected chi connectivity index (χ3v) is 6.51. The highest BCUT2D eigenvalue weighted by Gasteiger charge is 2.40. The van der Waals surface area contributed by atoms with Gasteiger partial charge in [0.15, 0.2) is 0 Å². The molecule has 3 heterocycles. The van der Waals surface area contributed by atoms with Crippen molar-refractivity contribution in [3.05, 3.63) is 29.8 Å². The van der Waals surface area contributed by atoms with E-state index in [4.69, 9.17) is 9.47 Å². The monoisotopic (exact) mass is 344 g/mol. The van der Waals surface area contributed by atoms with Crippen molar-refractivity contribution in [2.24, 2.45) is 11.3 Å². The topological polar surface area (TPSA) is 24.9 Å². The first-order valence-electron chi connectivity index (χ1n) is 9.90. The number of hydrogen-bond donors (Lipinski definition) is 0. The molecule has 1 spiro atoms. The number of piperidine rings is 1. The van der Waals surface area contributed by atoms with Crippen LogP contribution in [0.5, 0.6) is 5.75 Å². The Hall–Kier alpha value is -1.10. The van der Waals surface area contributed by atoms with Gasteiger partial charge in [-0.2, -0.15) is 0 Å². The molecular weight excluding hydrogens is 312 g/mol. The van der Waals surface area contributed by atoms with Crippen LogP contribution in [0.15, 0.2) is 24.3 Å². The Morgan fingerprint density at radius 2 is 1.96 bits per heavy atom. The summed E-state index contributed by atoms with van der Waals surface area (Å²) in [6.45, 7) is 9.35. The van der Waals surface area contributed by atoms with Gasteiger partial charge in [0.25, 0.3) is 0 Å². The smallest absolute Gasteiger partial charge is 0.119 e. The lowest BCUT2D eigenvalue weighted by molar-refractivity contribution is 0.0993. The lowest BCUT2D eigenvalue weighted by Crippen LogP contribution is -2.41. The quantitative estimate of drug-likeness (QED) is 0.820. The lowest BCUT2D eigenvalue weighted by Gasteiger charge is -2.39. The fourth-order valence-corrected chi connectivity index (χ4v) is 4.90. The summed E-state index contributed by atoms with van der Waals surface area (Å²) in [5, 5.41) is 0. The van der Waals surface area contributed by atoms with Gasteiger partial charge in [-0.1, -0.05) is 12.1 Å². The molecule has 138 valence electrons. The molecule has 3 saturated heterocycles. The van der Waals surface area contributed by atoms with Crippen LogP contribution in [-0.4, -0.2) is 62.8 Å². The van der Waals surface area contributed by atoms with E-state index in [-0.39, 0.29) is 0 Å². The van der Waals surface area contributed by atoms with Crippen molar-refractivity contribution in [2.45, 2.75) is 32.2 Å². The summed E-state index contributed by atoms with van der Waals surface area (Å²) < 4.78 is 10.9. The van der Waals surface area contributed by atoms with Gasteiger partial charge in [0.1, 0.15) is 5.75 Å². The average molecular weight is 344 g/mol. The van der Waals surface area contributed by atoms with Crippen LogP contribution in [0, 0.1) is 11.3 Å². The molecule has 3 fully saturated rings. The van der Waals surface area contributed by atoms with E-state index in [2.05, 4.69) is 28.0 Å². The predicted octanol–water partition coefficient (Wildman–Crippen LogP) is 3.02. The minimum Gasteiger partial charge on any atom is -0.497 e. The van der Waals surface area contributed by atoms with Crippen LogP contribution in [0.2, 0.25) is 0 Å². The zero-order valence-electron chi connectivity index (χ0n) is 15.6. The van der Waals surface area contributed by atoms with Crippen LogP contribution in [0.25, 0.3) is 0 Å². The van der Waals surface area contributed by atoms with Crippen LogP contribution < -0.4 is 4.74 Å². The van der Waals surface area contributed by atoms with Crippen molar-refractivity contribution in [3.8, 4) is 5.75 Å². The highest BCUT2D eigenvalue weighted by molar-refractivity contribution is 5.28. The summed E-state index contributed by atoms with van der Waals surface area (Å²) in [4.78, 5) is 5.34. The van der Waals surface area contributed by atoms with E-state index in [1.165, 1.54) is 64.0 Å². The normalized spacial score (nSPS) is 27.2. The molecule has 0 bridgehead atoms. The van der Waals surface area contributed by atoms with Crippen molar-refractivity contribution in [2.75, 3.05) is 53.0 Å². The summed E-state index contributed by atoms with van der Waals surface area (Å²) in [6.07, 6.45) is 5.37. The molecule has 0 N–H and O–H groups in total. The van der Waals surface area contributed by atoms with Crippen molar-refractivity contribution >= 4 is 0 Å². The van der Waals surface area contributed by atoms with Gasteiger partial charge in [0, 0.05) is 26.2 Å². The maximum absolute atomic E-state index is 5.55. The first kappa shape index (κ1) is 17.3. The van der Waals surface area contributed by atoms with E-state index in [1.807, 2.05) is 6.07 Å². The average Bonchev–Trinajstić information content (AvgIpc) is 3.28. The molecule has 0 radical (unpaired) electrons. The summed E-state index contributed by atoms with van der Waals surface area (Å²) in [5.74, 6) is 1.75. The molecule has 3 aliphatic heterocycles. The Kier molecular flexibility index (Phi) is 5.30. The third kappa shape index (κ3) is 4.18. The van der Waals surface area contributed by atoms with E-state index in [0.29, 0.717) is 5.41 Å². The number of nitrogens with zero attached hydrogens (tertiary/aromatic N) is 2. The summed E-state index contributed by atoms with van der Waals surface area (Å²) in [6, 6.07) is 8.51. The third-order valence-electron chi connectivity index (χ3n) is 6.51. The molecule has 0 saturated carbocycles. The molecule has 0 unspecified atom stereocenters. The van der Waals surface area contributed by atoms with Gasteiger partial charge in [-0.3, -0.25) is 4.90 Å². The Bertz CT molecular complexity index is 563. The Morgan fingerprint density at radius 1 is 1.16 bits per heavy atom. The Balaban J connectivity index is 1.26. The number of likely N-dealkylation sites (tertiary alicyclic amines) is 2. The molecule has 1 aromatic rings. The predicted molar refractivity (Wildman–Crippen MR) is 99.9 cm³/mol. The van der Waals surface area contributed by atoms with Gasteiger partial charge in [0.05, 0.1) is 13.7 Å². The number of methoxy groups -OCH3 is 1. The van der Waals surface area contributed by atoms with E-state index >= 15 is 0 Å². The first-order chi connectivity index (χ1) is 12.2. The zero-order valence-corrected chi connectivity index (χ0v) is 15.6. The number of benzene rings is 1. The molecule has 4 heteroatoms. The van der Waals surface area contributed by atoms with Gasteiger partial charge in [0.2, 0.25) is 0 Å². The molecule has 0 amide bonds. The van der Waals surface area contributed by atoms with Gasteiger partial charge in [-0.05, 0) is 74.3 Å². The van der Waals surface area contributed by atoms with E-state index in [1.54, 1.807) is 7.11 Å². The van der Waals surface area contributed by atoms with E-state index in [0.717, 1.165) is 31.4 Å². The second kappa shape index (κ2) is 7.65. The maximum atomic E-state index is 5.55. The SMILES string of the molecule is COc1cccc(CN2CCC3(CC2)CCN(C[C@H]2CCOC2)C3)c1. The number of ether oxygens (including phenoxy) is 2. The summed E-state index contributed by atoms with van der Waals surface area (Å²) in [5.41, 5.74) is 1.95. The molecule has 3 aliphatic rings. The lowest BCUT2D eigenvalue weighted by atomic mass is 9.77. The maximum Gasteiger partial charge on any atom is 0.119 e. The van der Waals surface area contributed by atoms with Crippen LogP contribution in [0.4, 0.5) is 0 Å². The van der Waals surface area contributed by atoms with Crippen LogP contribution in [-0.2, 0) is 11.3 Å². The minimum atomic E-state index is 0.588. The fraction of sp³-hybridized carbons (Fsp3) is 0.714. The molecule has 25 heavy (non-hydrogen) atoms. The van der Waals surface area contributed by atoms with Crippen molar-refractivity contribution in [1.82, 2.24) is 9.80 Å².